The van der Waals surface area contributed by atoms with E-state index in [0.717, 1.165) is 25.7 Å². The van der Waals surface area contributed by atoms with Crippen molar-refractivity contribution < 1.29 is 13.3 Å². The van der Waals surface area contributed by atoms with E-state index in [1.165, 1.54) is 24.6 Å². The van der Waals surface area contributed by atoms with Gasteiger partial charge in [-0.25, -0.2) is 13.1 Å². The van der Waals surface area contributed by atoms with Gasteiger partial charge in [0.15, 0.2) is 0 Å². The van der Waals surface area contributed by atoms with Crippen LogP contribution in [0, 0.1) is 16.0 Å². The Hall–Kier alpha value is -1.47. The molecule has 1 fully saturated rings. The maximum Gasteiger partial charge on any atom is 0.273 e. The summed E-state index contributed by atoms with van der Waals surface area (Å²) < 4.78 is 26.8. The van der Waals surface area contributed by atoms with Crippen LogP contribution in [0.5, 0.6) is 0 Å². The summed E-state index contributed by atoms with van der Waals surface area (Å²) >= 11 is 0. The van der Waals surface area contributed by atoms with Crippen LogP contribution in [0.1, 0.15) is 37.7 Å². The van der Waals surface area contributed by atoms with Gasteiger partial charge in [-0.1, -0.05) is 37.5 Å². The third kappa shape index (κ3) is 4.78. The van der Waals surface area contributed by atoms with Crippen LogP contribution in [0.15, 0.2) is 24.3 Å². The van der Waals surface area contributed by atoms with Gasteiger partial charge in [-0.3, -0.25) is 10.1 Å². The minimum atomic E-state index is -3.54. The van der Waals surface area contributed by atoms with Gasteiger partial charge in [-0.05, 0) is 18.8 Å². The summed E-state index contributed by atoms with van der Waals surface area (Å²) in [6, 6.07) is 5.95. The van der Waals surface area contributed by atoms with Gasteiger partial charge < -0.3 is 0 Å². The van der Waals surface area contributed by atoms with Gasteiger partial charge in [0.2, 0.25) is 10.0 Å². The molecule has 0 spiro atoms. The molecular weight excluding hydrogens is 292 g/mol. The number of para-hydroxylation sites is 1. The first-order valence-electron chi connectivity index (χ1n) is 7.17. The fraction of sp³-hybridized carbons (Fsp3) is 0.571. The Morgan fingerprint density at radius 2 is 1.86 bits per heavy atom. The summed E-state index contributed by atoms with van der Waals surface area (Å²) in [7, 11) is -3.54. The average molecular weight is 312 g/mol. The molecule has 1 N–H and O–H groups in total. The highest BCUT2D eigenvalue weighted by atomic mass is 32.2. The Kier molecular flexibility index (Phi) is 5.30. The molecule has 1 saturated carbocycles. The van der Waals surface area contributed by atoms with E-state index in [1.807, 2.05) is 0 Å². The highest BCUT2D eigenvalue weighted by molar-refractivity contribution is 7.88. The number of nitro groups is 1. The van der Waals surface area contributed by atoms with E-state index in [4.69, 9.17) is 0 Å². The Labute approximate surface area is 124 Å². The van der Waals surface area contributed by atoms with E-state index in [0.29, 0.717) is 12.5 Å². The Bertz CT molecular complexity index is 595. The third-order valence-electron chi connectivity index (χ3n) is 3.85. The highest BCUT2D eigenvalue weighted by Gasteiger charge is 2.21. The number of rotatable bonds is 6. The second-order valence-electron chi connectivity index (χ2n) is 5.50. The summed E-state index contributed by atoms with van der Waals surface area (Å²) in [6.07, 6.45) is 5.62. The van der Waals surface area contributed by atoms with Crippen LogP contribution in [-0.2, 0) is 15.8 Å². The van der Waals surface area contributed by atoms with E-state index in [-0.39, 0.29) is 17.0 Å². The van der Waals surface area contributed by atoms with Gasteiger partial charge in [-0.2, -0.15) is 0 Å². The summed E-state index contributed by atoms with van der Waals surface area (Å²) in [5.74, 6) is 0.0379. The fourth-order valence-electron chi connectivity index (χ4n) is 2.70. The number of nitrogens with zero attached hydrogens (tertiary/aromatic N) is 1. The lowest BCUT2D eigenvalue weighted by atomic mass is 9.90. The predicted octanol–water partition coefficient (Wildman–Crippen LogP) is 2.59. The minimum absolute atomic E-state index is 0.152. The molecule has 1 aliphatic carbocycles. The first kappa shape index (κ1) is 15.9. The van der Waals surface area contributed by atoms with Crippen molar-refractivity contribution >= 4 is 15.7 Å². The van der Waals surface area contributed by atoms with Crippen LogP contribution in [0.2, 0.25) is 0 Å². The van der Waals surface area contributed by atoms with E-state index in [9.17, 15) is 18.5 Å². The van der Waals surface area contributed by atoms with Gasteiger partial charge in [-0.15, -0.1) is 0 Å². The second-order valence-corrected chi connectivity index (χ2v) is 7.30. The van der Waals surface area contributed by atoms with Crippen LogP contribution in [-0.4, -0.2) is 19.9 Å². The molecule has 1 aromatic carbocycles. The molecule has 0 aliphatic heterocycles. The Morgan fingerprint density at radius 3 is 2.52 bits per heavy atom. The van der Waals surface area contributed by atoms with Crippen LogP contribution < -0.4 is 4.72 Å². The van der Waals surface area contributed by atoms with Gasteiger partial charge in [0.1, 0.15) is 0 Å². The quantitative estimate of drug-likeness (QED) is 0.646. The topological polar surface area (TPSA) is 89.3 Å². The van der Waals surface area contributed by atoms with Crippen molar-refractivity contribution in [3.63, 3.8) is 0 Å². The Balaban J connectivity index is 1.99. The molecule has 0 amide bonds. The summed E-state index contributed by atoms with van der Waals surface area (Å²) in [6.45, 7) is 0.433. The van der Waals surface area contributed by atoms with Gasteiger partial charge >= 0.3 is 0 Å². The van der Waals surface area contributed by atoms with E-state index in [1.54, 1.807) is 6.07 Å². The van der Waals surface area contributed by atoms with Gasteiger partial charge in [0.25, 0.3) is 5.69 Å². The first-order valence-corrected chi connectivity index (χ1v) is 8.83. The zero-order valence-corrected chi connectivity index (χ0v) is 12.6. The number of nitrogens with one attached hydrogen (secondary N) is 1. The zero-order chi connectivity index (χ0) is 15.3. The molecule has 0 bridgehead atoms. The minimum Gasteiger partial charge on any atom is -0.258 e. The van der Waals surface area contributed by atoms with Crippen molar-refractivity contribution in [2.45, 2.75) is 37.9 Å². The molecule has 0 aromatic heterocycles. The second kappa shape index (κ2) is 7.00. The summed E-state index contributed by atoms with van der Waals surface area (Å²) in [5.41, 5.74) is 0.0687. The van der Waals surface area contributed by atoms with Crippen LogP contribution in [0.25, 0.3) is 0 Å². The number of nitro benzene ring substituents is 1. The smallest absolute Gasteiger partial charge is 0.258 e. The molecule has 21 heavy (non-hydrogen) atoms. The molecule has 1 aromatic rings. The maximum atomic E-state index is 12.1. The molecule has 0 saturated heterocycles. The molecule has 0 radical (unpaired) electrons. The normalized spacial score (nSPS) is 16.8. The predicted molar refractivity (Wildman–Crippen MR) is 80.3 cm³/mol. The zero-order valence-electron chi connectivity index (χ0n) is 11.8. The molecule has 6 nitrogen and oxygen atoms in total. The average Bonchev–Trinajstić information content (AvgIpc) is 2.46. The van der Waals surface area contributed by atoms with E-state index < -0.39 is 14.9 Å². The monoisotopic (exact) mass is 312 g/mol. The van der Waals surface area contributed by atoms with Crippen molar-refractivity contribution in [3.05, 3.63) is 39.9 Å². The molecule has 116 valence electrons. The molecule has 0 atom stereocenters. The molecular formula is C14H20N2O4S. The lowest BCUT2D eigenvalue weighted by Crippen LogP contribution is -2.31. The van der Waals surface area contributed by atoms with E-state index >= 15 is 0 Å². The van der Waals surface area contributed by atoms with Gasteiger partial charge in [0.05, 0.1) is 10.7 Å². The first-order chi connectivity index (χ1) is 9.98. The van der Waals surface area contributed by atoms with Crippen LogP contribution >= 0.6 is 0 Å². The molecule has 0 unspecified atom stereocenters. The van der Waals surface area contributed by atoms with Crippen molar-refractivity contribution in [2.24, 2.45) is 5.92 Å². The number of hydrogen-bond donors (Lipinski definition) is 1. The Morgan fingerprint density at radius 1 is 1.19 bits per heavy atom. The lowest BCUT2D eigenvalue weighted by molar-refractivity contribution is -0.385. The molecule has 2 rings (SSSR count). The van der Waals surface area contributed by atoms with Crippen molar-refractivity contribution in [1.82, 2.24) is 4.72 Å². The van der Waals surface area contributed by atoms with Crippen molar-refractivity contribution in [2.75, 3.05) is 6.54 Å². The molecule has 0 heterocycles. The van der Waals surface area contributed by atoms with Crippen LogP contribution in [0.3, 0.4) is 0 Å². The molecule has 1 aliphatic rings. The largest absolute Gasteiger partial charge is 0.273 e. The summed E-state index contributed by atoms with van der Waals surface area (Å²) in [4.78, 5) is 10.4. The van der Waals surface area contributed by atoms with E-state index in [2.05, 4.69) is 4.72 Å². The SMILES string of the molecule is O=[N+]([O-])c1ccccc1CS(=O)(=O)NCC1CCCCC1. The number of benzene rings is 1. The standard InChI is InChI=1S/C14H20N2O4S/c17-16(18)14-9-5-4-8-13(14)11-21(19,20)15-10-12-6-2-1-3-7-12/h4-5,8-9,12,15H,1-3,6-7,10-11H2. The molecule has 7 heteroatoms. The van der Waals surface area contributed by atoms with Crippen LogP contribution in [0.4, 0.5) is 5.69 Å². The van der Waals surface area contributed by atoms with Crippen molar-refractivity contribution in [3.8, 4) is 0 Å². The number of sulfonamides is 1. The fourth-order valence-corrected chi connectivity index (χ4v) is 3.95. The third-order valence-corrected chi connectivity index (χ3v) is 5.15. The van der Waals surface area contributed by atoms with Gasteiger partial charge in [0, 0.05) is 18.2 Å². The lowest BCUT2D eigenvalue weighted by Gasteiger charge is -2.21. The summed E-state index contributed by atoms with van der Waals surface area (Å²) in [5, 5.41) is 10.9. The highest BCUT2D eigenvalue weighted by Crippen LogP contribution is 2.24. The van der Waals surface area contributed by atoms with Crippen molar-refractivity contribution in [1.29, 1.82) is 0 Å². The maximum absolute atomic E-state index is 12.1. The number of hydrogen-bond acceptors (Lipinski definition) is 4.